The van der Waals surface area contributed by atoms with E-state index in [1.165, 1.54) is 44.3 Å². The molecule has 0 unspecified atom stereocenters. The first-order valence-corrected chi connectivity index (χ1v) is 21.7. The number of rotatable bonds is 4. The normalized spacial score (nSPS) is 29.3. The van der Waals surface area contributed by atoms with Crippen molar-refractivity contribution in [1.82, 2.24) is 31.2 Å². The van der Waals surface area contributed by atoms with Gasteiger partial charge in [-0.1, -0.05) is 65.8 Å². The fraction of sp³-hybridized carbons (Fsp3) is 0.486. The van der Waals surface area contributed by atoms with Gasteiger partial charge in [-0.2, -0.15) is 0 Å². The van der Waals surface area contributed by atoms with E-state index in [-0.39, 0.29) is 40.9 Å². The molecule has 10 bridgehead atoms. The van der Waals surface area contributed by atoms with Crippen molar-refractivity contribution in [3.63, 3.8) is 0 Å². The second kappa shape index (κ2) is 16.2. The van der Waals surface area contributed by atoms with E-state index in [4.69, 9.17) is 19.5 Å². The minimum absolute atomic E-state index is 0.184. The van der Waals surface area contributed by atoms with Crippen molar-refractivity contribution in [2.24, 2.45) is 15.9 Å². The number of hydrogen-bond donors (Lipinski definition) is 4. The summed E-state index contributed by atoms with van der Waals surface area (Å²) < 4.78 is 12.4. The van der Waals surface area contributed by atoms with Gasteiger partial charge >= 0.3 is 0 Å². The summed E-state index contributed by atoms with van der Waals surface area (Å²) >= 11 is 2.56. The van der Waals surface area contributed by atoms with Gasteiger partial charge < -0.3 is 30.7 Å². The molecule has 8 atom stereocenters. The molecular weight excluding hydrogens is 757 g/mol. The smallest absolute Gasteiger partial charge is 0.271 e. The van der Waals surface area contributed by atoms with E-state index in [2.05, 4.69) is 31.2 Å². The molecule has 0 saturated heterocycles. The summed E-state index contributed by atoms with van der Waals surface area (Å²) in [7, 11) is 2.85. The van der Waals surface area contributed by atoms with Crippen molar-refractivity contribution in [1.29, 1.82) is 0 Å². The molecule has 0 saturated carbocycles. The standard InChI is InChI=1S/C35H40N8O6S4/c1-16(2)10-20-34-40-22(12-50-34)28(44)38-25-15-53-52-14-24(32-42-26(17(3)48-32)30(46)36-20)39-29(45)23-13-51-35(41-23)21(11-19-8-6-5-7-9-19)37-31(47)27-18(4)49-33(25)43-27/h5-9,12-13,16-18,20-21,24-27H,10-11,14-15H2,1-4H3,(H,36,46)(H,37,47)(H,38,44)(H,39,45)/t17-,18-,20-,21-,24+,25+,26+,27-/m1/s1. The zero-order valence-corrected chi connectivity index (χ0v) is 32.7. The molecule has 1 aromatic carbocycles. The van der Waals surface area contributed by atoms with E-state index in [1.54, 1.807) is 24.6 Å². The monoisotopic (exact) mass is 796 g/mol. The van der Waals surface area contributed by atoms with Crippen LogP contribution in [0.5, 0.6) is 0 Å². The van der Waals surface area contributed by atoms with Gasteiger partial charge in [0.05, 0.1) is 12.1 Å². The minimum atomic E-state index is -0.886. The lowest BCUT2D eigenvalue weighted by molar-refractivity contribution is -0.125. The number of hydrogen-bond acceptors (Lipinski definition) is 14. The molecule has 0 fully saturated rings. The van der Waals surface area contributed by atoms with Gasteiger partial charge in [-0.15, -0.1) is 22.7 Å². The van der Waals surface area contributed by atoms with Gasteiger partial charge in [0, 0.05) is 22.3 Å². The predicted molar refractivity (Wildman–Crippen MR) is 207 cm³/mol. The van der Waals surface area contributed by atoms with E-state index >= 15 is 0 Å². The predicted octanol–water partition coefficient (Wildman–Crippen LogP) is 3.88. The lowest BCUT2D eigenvalue weighted by Gasteiger charge is -2.22. The molecule has 4 aliphatic rings. The number of amides is 4. The van der Waals surface area contributed by atoms with Crippen molar-refractivity contribution in [2.75, 3.05) is 11.5 Å². The summed E-state index contributed by atoms with van der Waals surface area (Å²) in [4.78, 5) is 74.0. The number of nitrogens with zero attached hydrogens (tertiary/aromatic N) is 4. The fourth-order valence-electron chi connectivity index (χ4n) is 6.35. The Balaban J connectivity index is 1.29. The third kappa shape index (κ3) is 8.55. The molecule has 53 heavy (non-hydrogen) atoms. The van der Waals surface area contributed by atoms with Crippen LogP contribution >= 0.6 is 44.3 Å². The summed E-state index contributed by atoms with van der Waals surface area (Å²) in [6.45, 7) is 7.65. The second-order valence-corrected chi connectivity index (χ2v) is 18.0. The van der Waals surface area contributed by atoms with Crippen LogP contribution in [0.1, 0.15) is 82.8 Å². The average molecular weight is 797 g/mol. The van der Waals surface area contributed by atoms with Crippen LogP contribution in [0.15, 0.2) is 51.1 Å². The van der Waals surface area contributed by atoms with Gasteiger partial charge in [0.15, 0.2) is 12.1 Å². The first kappa shape index (κ1) is 37.3. The summed E-state index contributed by atoms with van der Waals surface area (Å²) in [6, 6.07) is 5.50. The SMILES string of the molecule is CC(C)C[C@H]1NC(=O)[C@H]2N=C(O[C@@H]2C)[C@@H]2CSSC[C@H](NC(=O)c3csc1n3)C1=N[C@@H](C(=O)N[C@H](Cc3ccccc3)c3nc(cs3)C(=O)N2)[C@@H](C)O1. The molecule has 7 rings (SSSR count). The molecule has 4 amide bonds. The van der Waals surface area contributed by atoms with E-state index in [0.29, 0.717) is 34.4 Å². The van der Waals surface area contributed by atoms with Crippen LogP contribution in [-0.4, -0.2) is 93.3 Å². The number of nitrogens with one attached hydrogen (secondary N) is 4. The van der Waals surface area contributed by atoms with E-state index in [9.17, 15) is 19.2 Å². The average Bonchev–Trinajstić information content (AvgIpc) is 3.94. The number of aromatic nitrogens is 2. The van der Waals surface area contributed by atoms with E-state index < -0.39 is 60.3 Å². The van der Waals surface area contributed by atoms with Gasteiger partial charge in [0.25, 0.3) is 11.8 Å². The van der Waals surface area contributed by atoms with Gasteiger partial charge in [0.2, 0.25) is 23.6 Å². The first-order valence-electron chi connectivity index (χ1n) is 17.4. The molecule has 0 aliphatic carbocycles. The Morgan fingerprint density at radius 1 is 0.717 bits per heavy atom. The number of ether oxygens (including phenoxy) is 2. The first-order chi connectivity index (χ1) is 25.5. The summed E-state index contributed by atoms with van der Waals surface area (Å²) in [5, 5.41) is 16.8. The maximum Gasteiger partial charge on any atom is 0.271 e. The Labute approximate surface area is 322 Å². The topological polar surface area (TPSA) is 185 Å². The highest BCUT2D eigenvalue weighted by Crippen LogP contribution is 2.31. The Hall–Kier alpha value is -4.00. The van der Waals surface area contributed by atoms with Crippen molar-refractivity contribution in [3.05, 3.63) is 68.1 Å². The molecule has 3 aromatic rings. The zero-order chi connectivity index (χ0) is 37.2. The quantitative estimate of drug-likeness (QED) is 0.283. The third-order valence-corrected chi connectivity index (χ3v) is 13.4. The van der Waals surface area contributed by atoms with Gasteiger partial charge in [-0.05, 0) is 38.2 Å². The highest BCUT2D eigenvalue weighted by Gasteiger charge is 2.41. The van der Waals surface area contributed by atoms with Crippen molar-refractivity contribution in [2.45, 2.75) is 89.0 Å². The molecule has 6 heterocycles. The van der Waals surface area contributed by atoms with Crippen molar-refractivity contribution in [3.8, 4) is 0 Å². The van der Waals surface area contributed by atoms with Crippen molar-refractivity contribution >= 4 is 79.7 Å². The number of benzene rings is 1. The number of thiazole rings is 2. The zero-order valence-electron chi connectivity index (χ0n) is 29.4. The number of fused-ring (bicyclic) bond motifs is 13. The lowest BCUT2D eigenvalue weighted by Crippen LogP contribution is -2.44. The molecular formula is C35H40N8O6S4. The molecule has 18 heteroatoms. The van der Waals surface area contributed by atoms with Gasteiger partial charge in [-0.3, -0.25) is 19.2 Å². The number of carbonyl (C=O) groups excluding carboxylic acids is 4. The Bertz CT molecular complexity index is 1920. The number of aliphatic imine (C=N–C) groups is 2. The van der Waals surface area contributed by atoms with Crippen LogP contribution in [0.3, 0.4) is 0 Å². The molecule has 0 radical (unpaired) electrons. The van der Waals surface area contributed by atoms with Crippen LogP contribution in [-0.2, 0) is 25.5 Å². The summed E-state index contributed by atoms with van der Waals surface area (Å²) in [6.07, 6.45) is -0.194. The second-order valence-electron chi connectivity index (χ2n) is 13.7. The molecule has 280 valence electrons. The van der Waals surface area contributed by atoms with E-state index in [0.717, 1.165) is 5.56 Å². The highest BCUT2D eigenvalue weighted by molar-refractivity contribution is 8.76. The Kier molecular flexibility index (Phi) is 11.4. The van der Waals surface area contributed by atoms with Gasteiger partial charge in [-0.25, -0.2) is 20.0 Å². The molecule has 14 nitrogen and oxygen atoms in total. The fourth-order valence-corrected chi connectivity index (χ4v) is 10.4. The van der Waals surface area contributed by atoms with Gasteiger partial charge in [0.1, 0.15) is 45.7 Å². The third-order valence-electron chi connectivity index (χ3n) is 9.06. The molecule has 4 N–H and O–H groups in total. The molecule has 4 aliphatic heterocycles. The van der Waals surface area contributed by atoms with Crippen LogP contribution in [0, 0.1) is 5.92 Å². The maximum atomic E-state index is 13.9. The maximum absolute atomic E-state index is 13.9. The summed E-state index contributed by atoms with van der Waals surface area (Å²) in [5.74, 6) is -0.229. The Morgan fingerprint density at radius 3 is 1.72 bits per heavy atom. The molecule has 0 spiro atoms. The number of carbonyl (C=O) groups is 4. The Morgan fingerprint density at radius 2 is 1.21 bits per heavy atom. The minimum Gasteiger partial charge on any atom is -0.474 e. The van der Waals surface area contributed by atoms with E-state index in [1.807, 2.05) is 44.2 Å². The largest absolute Gasteiger partial charge is 0.474 e. The van der Waals surface area contributed by atoms with Crippen molar-refractivity contribution < 1.29 is 28.7 Å². The molecule has 2 aromatic heterocycles. The van der Waals surface area contributed by atoms with Crippen LogP contribution < -0.4 is 21.3 Å². The summed E-state index contributed by atoms with van der Waals surface area (Å²) in [5.41, 5.74) is 1.36. The lowest BCUT2D eigenvalue weighted by atomic mass is 10.0. The van der Waals surface area contributed by atoms with Crippen LogP contribution in [0.25, 0.3) is 0 Å². The highest BCUT2D eigenvalue weighted by atomic mass is 33.1. The van der Waals surface area contributed by atoms with Crippen LogP contribution in [0.2, 0.25) is 0 Å². The van der Waals surface area contributed by atoms with Crippen LogP contribution in [0.4, 0.5) is 0 Å².